The molecule has 1 aromatic carbocycles. The fourth-order valence-corrected chi connectivity index (χ4v) is 2.22. The summed E-state index contributed by atoms with van der Waals surface area (Å²) < 4.78 is 5.29. The minimum atomic E-state index is -0.871. The summed E-state index contributed by atoms with van der Waals surface area (Å²) in [6.07, 6.45) is 2.04. The van der Waals surface area contributed by atoms with Gasteiger partial charge in [0, 0.05) is 6.54 Å². The van der Waals surface area contributed by atoms with Crippen molar-refractivity contribution in [1.29, 1.82) is 5.26 Å². The SMILES string of the molecule is N#Cc1ccccc1OCC(=O)NCC1(C(=O)O)CCC1. The monoisotopic (exact) mass is 288 g/mol. The largest absolute Gasteiger partial charge is 0.482 e. The lowest BCUT2D eigenvalue weighted by molar-refractivity contribution is -0.154. The molecule has 1 aliphatic rings. The molecule has 0 radical (unpaired) electrons. The van der Waals surface area contributed by atoms with Gasteiger partial charge < -0.3 is 15.2 Å². The molecule has 6 nitrogen and oxygen atoms in total. The van der Waals surface area contributed by atoms with Crippen LogP contribution in [-0.4, -0.2) is 30.1 Å². The van der Waals surface area contributed by atoms with Crippen LogP contribution in [0.3, 0.4) is 0 Å². The summed E-state index contributed by atoms with van der Waals surface area (Å²) in [6, 6.07) is 8.60. The van der Waals surface area contributed by atoms with E-state index in [2.05, 4.69) is 5.32 Å². The van der Waals surface area contributed by atoms with E-state index in [1.807, 2.05) is 6.07 Å². The van der Waals surface area contributed by atoms with Gasteiger partial charge in [-0.05, 0) is 25.0 Å². The number of hydrogen-bond donors (Lipinski definition) is 2. The summed E-state index contributed by atoms with van der Waals surface area (Å²) in [5.74, 6) is -0.924. The van der Waals surface area contributed by atoms with Gasteiger partial charge in [-0.3, -0.25) is 9.59 Å². The summed E-state index contributed by atoms with van der Waals surface area (Å²) in [4.78, 5) is 22.9. The van der Waals surface area contributed by atoms with Crippen LogP contribution < -0.4 is 10.1 Å². The number of para-hydroxylation sites is 1. The number of carboxylic acid groups (broad SMARTS) is 1. The maximum Gasteiger partial charge on any atom is 0.311 e. The fourth-order valence-electron chi connectivity index (χ4n) is 2.22. The zero-order chi connectivity index (χ0) is 15.3. The Labute approximate surface area is 122 Å². The second-order valence-corrected chi connectivity index (χ2v) is 5.11. The second kappa shape index (κ2) is 6.27. The van der Waals surface area contributed by atoms with Gasteiger partial charge >= 0.3 is 5.97 Å². The van der Waals surface area contributed by atoms with E-state index in [1.165, 1.54) is 0 Å². The van der Waals surface area contributed by atoms with E-state index >= 15 is 0 Å². The lowest BCUT2D eigenvalue weighted by Crippen LogP contribution is -2.48. The van der Waals surface area contributed by atoms with Crippen molar-refractivity contribution in [1.82, 2.24) is 5.32 Å². The van der Waals surface area contributed by atoms with Crippen molar-refractivity contribution in [3.05, 3.63) is 29.8 Å². The van der Waals surface area contributed by atoms with Crippen molar-refractivity contribution in [3.8, 4) is 11.8 Å². The van der Waals surface area contributed by atoms with Crippen molar-refractivity contribution in [2.45, 2.75) is 19.3 Å². The maximum absolute atomic E-state index is 11.7. The topological polar surface area (TPSA) is 99.4 Å². The Bertz CT molecular complexity index is 588. The van der Waals surface area contributed by atoms with Gasteiger partial charge in [0.2, 0.25) is 0 Å². The molecule has 0 aromatic heterocycles. The van der Waals surface area contributed by atoms with Gasteiger partial charge in [-0.2, -0.15) is 5.26 Å². The number of benzene rings is 1. The van der Waals surface area contributed by atoms with Crippen LogP contribution in [0.25, 0.3) is 0 Å². The van der Waals surface area contributed by atoms with E-state index in [0.717, 1.165) is 6.42 Å². The Morgan fingerprint density at radius 2 is 2.10 bits per heavy atom. The van der Waals surface area contributed by atoms with Crippen molar-refractivity contribution in [2.75, 3.05) is 13.2 Å². The Morgan fingerprint density at radius 1 is 1.38 bits per heavy atom. The van der Waals surface area contributed by atoms with E-state index in [4.69, 9.17) is 15.1 Å². The van der Waals surface area contributed by atoms with Crippen molar-refractivity contribution in [3.63, 3.8) is 0 Å². The van der Waals surface area contributed by atoms with Gasteiger partial charge in [0.05, 0.1) is 11.0 Å². The summed E-state index contributed by atoms with van der Waals surface area (Å²) in [6.45, 7) is -0.126. The molecule has 1 amide bonds. The molecule has 0 heterocycles. The first-order valence-electron chi connectivity index (χ1n) is 6.69. The van der Waals surface area contributed by atoms with Gasteiger partial charge in [0.25, 0.3) is 5.91 Å². The summed E-state index contributed by atoms with van der Waals surface area (Å²) >= 11 is 0. The van der Waals surface area contributed by atoms with Gasteiger partial charge in [-0.15, -0.1) is 0 Å². The van der Waals surface area contributed by atoms with E-state index in [-0.39, 0.29) is 13.2 Å². The first kappa shape index (κ1) is 14.9. The number of rotatable bonds is 6. The van der Waals surface area contributed by atoms with Crippen LogP contribution in [-0.2, 0) is 9.59 Å². The van der Waals surface area contributed by atoms with Crippen molar-refractivity contribution in [2.24, 2.45) is 5.41 Å². The number of hydrogen-bond acceptors (Lipinski definition) is 4. The van der Waals surface area contributed by atoms with E-state index in [1.54, 1.807) is 24.3 Å². The molecule has 0 atom stereocenters. The zero-order valence-electron chi connectivity index (χ0n) is 11.5. The molecule has 1 saturated carbocycles. The predicted molar refractivity (Wildman–Crippen MR) is 73.6 cm³/mol. The highest BCUT2D eigenvalue weighted by molar-refractivity contribution is 5.80. The first-order chi connectivity index (χ1) is 10.1. The maximum atomic E-state index is 11.7. The molecule has 2 N–H and O–H groups in total. The number of carbonyl (C=O) groups excluding carboxylic acids is 1. The van der Waals surface area contributed by atoms with Gasteiger partial charge in [-0.25, -0.2) is 0 Å². The Morgan fingerprint density at radius 3 is 2.67 bits per heavy atom. The lowest BCUT2D eigenvalue weighted by Gasteiger charge is -2.37. The van der Waals surface area contributed by atoms with E-state index in [9.17, 15) is 9.59 Å². The highest BCUT2D eigenvalue weighted by atomic mass is 16.5. The first-order valence-corrected chi connectivity index (χ1v) is 6.69. The number of amides is 1. The molecule has 0 spiro atoms. The Balaban J connectivity index is 1.83. The highest BCUT2D eigenvalue weighted by Gasteiger charge is 2.44. The molecule has 0 aliphatic heterocycles. The van der Waals surface area contributed by atoms with Crippen LogP contribution in [0.15, 0.2) is 24.3 Å². The van der Waals surface area contributed by atoms with Gasteiger partial charge in [0.15, 0.2) is 6.61 Å². The molecular formula is C15H16N2O4. The normalized spacial score (nSPS) is 15.4. The Kier molecular flexibility index (Phi) is 4.43. The highest BCUT2D eigenvalue weighted by Crippen LogP contribution is 2.40. The van der Waals surface area contributed by atoms with Crippen LogP contribution in [0.4, 0.5) is 0 Å². The molecule has 6 heteroatoms. The number of nitrogens with zero attached hydrogens (tertiary/aromatic N) is 1. The summed E-state index contributed by atoms with van der Waals surface area (Å²) in [7, 11) is 0. The lowest BCUT2D eigenvalue weighted by atomic mass is 9.69. The number of nitrogens with one attached hydrogen (secondary N) is 1. The van der Waals surface area contributed by atoms with E-state index in [0.29, 0.717) is 24.2 Å². The van der Waals surface area contributed by atoms with Crippen molar-refractivity contribution >= 4 is 11.9 Å². The van der Waals surface area contributed by atoms with Crippen molar-refractivity contribution < 1.29 is 19.4 Å². The standard InChI is InChI=1S/C15H16N2O4/c16-8-11-4-1-2-5-12(11)21-9-13(18)17-10-15(14(19)20)6-3-7-15/h1-2,4-5H,3,6-7,9-10H2,(H,17,18)(H,19,20). The predicted octanol–water partition coefficient (Wildman–Crippen LogP) is 1.31. The number of ether oxygens (including phenoxy) is 1. The molecule has 21 heavy (non-hydrogen) atoms. The van der Waals surface area contributed by atoms with Gasteiger partial charge in [-0.1, -0.05) is 18.6 Å². The third-order valence-electron chi connectivity index (χ3n) is 3.75. The summed E-state index contributed by atoms with van der Waals surface area (Å²) in [5.41, 5.74) is -0.466. The molecule has 1 aliphatic carbocycles. The molecule has 2 rings (SSSR count). The number of carboxylic acids is 1. The van der Waals surface area contributed by atoms with Crippen LogP contribution >= 0.6 is 0 Å². The smallest absolute Gasteiger partial charge is 0.311 e. The molecule has 0 saturated heterocycles. The number of aliphatic carboxylic acids is 1. The third kappa shape index (κ3) is 3.31. The fraction of sp³-hybridized carbons (Fsp3) is 0.400. The van der Waals surface area contributed by atoms with Crippen LogP contribution in [0, 0.1) is 16.7 Å². The van der Waals surface area contributed by atoms with Crippen LogP contribution in [0.1, 0.15) is 24.8 Å². The van der Waals surface area contributed by atoms with E-state index < -0.39 is 17.3 Å². The number of nitriles is 1. The molecule has 110 valence electrons. The summed E-state index contributed by atoms with van der Waals surface area (Å²) in [5, 5.41) is 20.6. The molecular weight excluding hydrogens is 272 g/mol. The number of carbonyl (C=O) groups is 2. The van der Waals surface area contributed by atoms with Gasteiger partial charge in [0.1, 0.15) is 11.8 Å². The molecule has 0 bridgehead atoms. The molecule has 1 aromatic rings. The third-order valence-corrected chi connectivity index (χ3v) is 3.75. The average Bonchev–Trinajstić information content (AvgIpc) is 2.43. The average molecular weight is 288 g/mol. The minimum Gasteiger partial charge on any atom is -0.482 e. The molecule has 1 fully saturated rings. The minimum absolute atomic E-state index is 0.115. The second-order valence-electron chi connectivity index (χ2n) is 5.11. The Hall–Kier alpha value is -2.55. The zero-order valence-corrected chi connectivity index (χ0v) is 11.5. The quantitative estimate of drug-likeness (QED) is 0.822. The van der Waals surface area contributed by atoms with Crippen LogP contribution in [0.2, 0.25) is 0 Å². The molecule has 0 unspecified atom stereocenters. The van der Waals surface area contributed by atoms with Crippen LogP contribution in [0.5, 0.6) is 5.75 Å².